The number of amides is 1. The van der Waals surface area contributed by atoms with Crippen molar-refractivity contribution in [1.82, 2.24) is 24.9 Å². The highest BCUT2D eigenvalue weighted by molar-refractivity contribution is 6.05. The van der Waals surface area contributed by atoms with Crippen molar-refractivity contribution in [1.29, 1.82) is 0 Å². The second-order valence-electron chi connectivity index (χ2n) is 9.24. The van der Waals surface area contributed by atoms with Crippen LogP contribution in [0.15, 0.2) is 48.5 Å². The Kier molecular flexibility index (Phi) is 6.86. The SMILES string of the molecule is CC(C)Cn1nc(C(=O)NC2CN(C)CCN(Cc3cccc(F)c3)C2)c2ccccc21. The van der Waals surface area contributed by atoms with Crippen molar-refractivity contribution in [2.45, 2.75) is 33.0 Å². The number of fused-ring (bicyclic) bond motifs is 1. The molecule has 0 saturated carbocycles. The van der Waals surface area contributed by atoms with E-state index in [0.29, 0.717) is 24.7 Å². The third-order valence-electron chi connectivity index (χ3n) is 5.85. The Bertz CT molecular complexity index is 1080. The monoisotopic (exact) mass is 437 g/mol. The molecule has 1 aromatic heterocycles. The second kappa shape index (κ2) is 9.79. The van der Waals surface area contributed by atoms with Crippen LogP contribution < -0.4 is 5.32 Å². The molecule has 0 aliphatic carbocycles. The van der Waals surface area contributed by atoms with E-state index < -0.39 is 0 Å². The Labute approximate surface area is 189 Å². The van der Waals surface area contributed by atoms with Gasteiger partial charge in [0.25, 0.3) is 5.91 Å². The summed E-state index contributed by atoms with van der Waals surface area (Å²) in [5, 5.41) is 8.77. The number of hydrogen-bond acceptors (Lipinski definition) is 4. The van der Waals surface area contributed by atoms with Crippen molar-refractivity contribution >= 4 is 16.8 Å². The van der Waals surface area contributed by atoms with Crippen LogP contribution in [-0.4, -0.2) is 64.8 Å². The van der Waals surface area contributed by atoms with E-state index in [1.54, 1.807) is 12.1 Å². The first-order valence-electron chi connectivity index (χ1n) is 11.3. The van der Waals surface area contributed by atoms with Gasteiger partial charge in [-0.15, -0.1) is 0 Å². The maximum Gasteiger partial charge on any atom is 0.272 e. The molecule has 1 N–H and O–H groups in total. The summed E-state index contributed by atoms with van der Waals surface area (Å²) < 4.78 is 15.6. The Morgan fingerprint density at radius 3 is 2.75 bits per heavy atom. The maximum absolute atomic E-state index is 13.6. The van der Waals surface area contributed by atoms with Crippen molar-refractivity contribution in [3.05, 3.63) is 65.6 Å². The van der Waals surface area contributed by atoms with Crippen molar-refractivity contribution in [2.75, 3.05) is 33.2 Å². The Morgan fingerprint density at radius 1 is 1.16 bits per heavy atom. The summed E-state index contributed by atoms with van der Waals surface area (Å²) in [6, 6.07) is 14.6. The Morgan fingerprint density at radius 2 is 1.97 bits per heavy atom. The van der Waals surface area contributed by atoms with Gasteiger partial charge in [-0.1, -0.05) is 44.2 Å². The lowest BCUT2D eigenvalue weighted by molar-refractivity contribution is 0.0919. The van der Waals surface area contributed by atoms with Gasteiger partial charge in [-0.25, -0.2) is 4.39 Å². The summed E-state index contributed by atoms with van der Waals surface area (Å²) in [6.07, 6.45) is 0. The summed E-state index contributed by atoms with van der Waals surface area (Å²) in [5.74, 6) is 0.0685. The van der Waals surface area contributed by atoms with Gasteiger partial charge in [-0.05, 0) is 36.7 Å². The first-order valence-corrected chi connectivity index (χ1v) is 11.3. The van der Waals surface area contributed by atoms with Gasteiger partial charge >= 0.3 is 0 Å². The highest BCUT2D eigenvalue weighted by atomic mass is 19.1. The van der Waals surface area contributed by atoms with Crippen LogP contribution in [0.25, 0.3) is 10.9 Å². The molecule has 32 heavy (non-hydrogen) atoms. The zero-order chi connectivity index (χ0) is 22.7. The van der Waals surface area contributed by atoms with Crippen molar-refractivity contribution in [3.63, 3.8) is 0 Å². The van der Waals surface area contributed by atoms with E-state index >= 15 is 0 Å². The molecule has 1 fully saturated rings. The molecule has 1 amide bonds. The molecule has 2 aromatic carbocycles. The number of benzene rings is 2. The zero-order valence-electron chi connectivity index (χ0n) is 19.1. The van der Waals surface area contributed by atoms with Gasteiger partial charge < -0.3 is 10.2 Å². The van der Waals surface area contributed by atoms with E-state index in [4.69, 9.17) is 0 Å². The van der Waals surface area contributed by atoms with Crippen molar-refractivity contribution in [3.8, 4) is 0 Å². The smallest absolute Gasteiger partial charge is 0.272 e. The number of para-hydroxylation sites is 1. The highest BCUT2D eigenvalue weighted by Gasteiger charge is 2.25. The van der Waals surface area contributed by atoms with Crippen molar-refractivity contribution < 1.29 is 9.18 Å². The summed E-state index contributed by atoms with van der Waals surface area (Å²) in [7, 11) is 2.07. The minimum absolute atomic E-state index is 0.0439. The number of aromatic nitrogens is 2. The number of nitrogens with zero attached hydrogens (tertiary/aromatic N) is 4. The number of rotatable bonds is 6. The topological polar surface area (TPSA) is 53.4 Å². The van der Waals surface area contributed by atoms with Gasteiger partial charge in [0, 0.05) is 44.7 Å². The second-order valence-corrected chi connectivity index (χ2v) is 9.24. The lowest BCUT2D eigenvalue weighted by Gasteiger charge is -2.24. The summed E-state index contributed by atoms with van der Waals surface area (Å²) >= 11 is 0. The Balaban J connectivity index is 1.51. The van der Waals surface area contributed by atoms with Crippen LogP contribution in [-0.2, 0) is 13.1 Å². The fourth-order valence-corrected chi connectivity index (χ4v) is 4.40. The molecule has 1 atom stereocenters. The first kappa shape index (κ1) is 22.4. The number of hydrogen-bond donors (Lipinski definition) is 1. The number of carbonyl (C=O) groups is 1. The van der Waals surface area contributed by atoms with E-state index in [-0.39, 0.29) is 17.8 Å². The quantitative estimate of drug-likeness (QED) is 0.642. The minimum Gasteiger partial charge on any atom is -0.345 e. The molecule has 1 aliphatic heterocycles. The van der Waals surface area contributed by atoms with E-state index in [2.05, 4.69) is 41.1 Å². The van der Waals surface area contributed by atoms with Crippen molar-refractivity contribution in [2.24, 2.45) is 5.92 Å². The number of halogens is 1. The van der Waals surface area contributed by atoms with Gasteiger partial charge in [-0.3, -0.25) is 14.4 Å². The summed E-state index contributed by atoms with van der Waals surface area (Å²) in [6.45, 7) is 8.94. The lowest BCUT2D eigenvalue weighted by Crippen LogP contribution is -2.46. The molecule has 7 heteroatoms. The molecular formula is C25H32FN5O. The van der Waals surface area contributed by atoms with Gasteiger partial charge in [0.05, 0.1) is 11.6 Å². The molecule has 6 nitrogen and oxygen atoms in total. The highest BCUT2D eigenvalue weighted by Crippen LogP contribution is 2.20. The third kappa shape index (κ3) is 5.34. The Hall–Kier alpha value is -2.77. The predicted octanol–water partition coefficient (Wildman–Crippen LogP) is 3.38. The molecule has 3 aromatic rings. The average molecular weight is 438 g/mol. The summed E-state index contributed by atoms with van der Waals surface area (Å²) in [4.78, 5) is 17.8. The van der Waals surface area contributed by atoms with Crippen LogP contribution in [0.3, 0.4) is 0 Å². The van der Waals surface area contributed by atoms with Gasteiger partial charge in [0.15, 0.2) is 5.69 Å². The first-order chi connectivity index (χ1) is 15.4. The molecule has 4 rings (SSSR count). The van der Waals surface area contributed by atoms with Gasteiger partial charge in [0.1, 0.15) is 5.82 Å². The molecule has 1 aliphatic rings. The number of likely N-dealkylation sites (N-methyl/N-ethyl adjacent to an activating group) is 1. The van der Waals surface area contributed by atoms with Crippen LogP contribution in [0.1, 0.15) is 29.9 Å². The fraction of sp³-hybridized carbons (Fsp3) is 0.440. The maximum atomic E-state index is 13.6. The number of carbonyl (C=O) groups excluding carboxylic acids is 1. The van der Waals surface area contributed by atoms with Gasteiger partial charge in [0.2, 0.25) is 0 Å². The van der Waals surface area contributed by atoms with E-state index in [9.17, 15) is 9.18 Å². The van der Waals surface area contributed by atoms with E-state index in [1.165, 1.54) is 6.07 Å². The molecule has 1 unspecified atom stereocenters. The fourth-order valence-electron chi connectivity index (χ4n) is 4.40. The largest absolute Gasteiger partial charge is 0.345 e. The van der Waals surface area contributed by atoms with Crippen LogP contribution in [0, 0.1) is 11.7 Å². The van der Waals surface area contributed by atoms with E-state index in [0.717, 1.165) is 42.6 Å². The molecule has 0 radical (unpaired) electrons. The molecular weight excluding hydrogens is 405 g/mol. The third-order valence-corrected chi connectivity index (χ3v) is 5.85. The molecule has 0 spiro atoms. The van der Waals surface area contributed by atoms with Crippen LogP contribution in [0.5, 0.6) is 0 Å². The number of nitrogens with one attached hydrogen (secondary N) is 1. The van der Waals surface area contributed by atoms with Crippen LogP contribution in [0.4, 0.5) is 4.39 Å². The van der Waals surface area contributed by atoms with Crippen LogP contribution in [0.2, 0.25) is 0 Å². The molecule has 170 valence electrons. The molecule has 2 heterocycles. The van der Waals surface area contributed by atoms with E-state index in [1.807, 2.05) is 35.0 Å². The van der Waals surface area contributed by atoms with Gasteiger partial charge in [-0.2, -0.15) is 5.10 Å². The average Bonchev–Trinajstić information content (AvgIpc) is 3.00. The molecule has 0 bridgehead atoms. The van der Waals surface area contributed by atoms with Crippen LogP contribution >= 0.6 is 0 Å². The summed E-state index contributed by atoms with van der Waals surface area (Å²) in [5.41, 5.74) is 2.40. The minimum atomic E-state index is -0.219. The zero-order valence-corrected chi connectivity index (χ0v) is 19.1. The normalized spacial score (nSPS) is 18.2. The molecule has 1 saturated heterocycles. The standard InChI is InChI=1S/C25H32FN5O/c1-18(2)14-31-23-10-5-4-9-22(23)24(28-31)25(32)27-21-16-29(3)11-12-30(17-21)15-19-7-6-8-20(26)13-19/h4-10,13,18,21H,11-12,14-17H2,1-3H3,(H,27,32). The predicted molar refractivity (Wildman–Crippen MR) is 125 cm³/mol. The lowest BCUT2D eigenvalue weighted by atomic mass is 10.1.